The van der Waals surface area contributed by atoms with Crippen LogP contribution < -0.4 is 0 Å². The van der Waals surface area contributed by atoms with E-state index in [0.717, 1.165) is 6.54 Å². The first-order valence-electron chi connectivity index (χ1n) is 4.88. The van der Waals surface area contributed by atoms with Crippen molar-refractivity contribution in [1.29, 1.82) is 0 Å². The van der Waals surface area contributed by atoms with E-state index < -0.39 is 0 Å². The molecule has 0 radical (unpaired) electrons. The van der Waals surface area contributed by atoms with Crippen LogP contribution in [-0.4, -0.2) is 9.78 Å². The Balaban J connectivity index is 2.07. The normalized spacial score (nSPS) is 12.6. The number of aromatic nitrogens is 2. The molecule has 1 aromatic heterocycles. The molecule has 2 nitrogen and oxygen atoms in total. The molecule has 0 N–H and O–H groups in total. The van der Waals surface area contributed by atoms with Crippen LogP contribution in [0.1, 0.15) is 18.4 Å². The van der Waals surface area contributed by atoms with Gasteiger partial charge in [0.15, 0.2) is 0 Å². The minimum atomic E-state index is 0.510. The smallest absolute Gasteiger partial charge is 0.0489 e. The first-order valence-corrected chi connectivity index (χ1v) is 4.88. The number of rotatable bonds is 3. The van der Waals surface area contributed by atoms with Crippen LogP contribution >= 0.6 is 0 Å². The topological polar surface area (TPSA) is 17.8 Å². The van der Waals surface area contributed by atoms with E-state index in [1.54, 1.807) is 0 Å². The van der Waals surface area contributed by atoms with E-state index in [0.29, 0.717) is 5.92 Å². The zero-order valence-electron chi connectivity index (χ0n) is 8.30. The molecule has 1 heterocycles. The summed E-state index contributed by atoms with van der Waals surface area (Å²) in [6, 6.07) is 12.5. The van der Waals surface area contributed by atoms with Crippen LogP contribution in [0.3, 0.4) is 0 Å². The molecule has 1 unspecified atom stereocenters. The molecule has 0 spiro atoms. The molecule has 0 bridgehead atoms. The standard InChI is InChI=1S/C12H14N2/c1-11(10-14-9-5-8-13-14)12-6-3-2-4-7-12/h2-9,11H,10H2,1H3. The number of hydrogen-bond acceptors (Lipinski definition) is 1. The zero-order chi connectivity index (χ0) is 9.80. The highest BCUT2D eigenvalue weighted by Crippen LogP contribution is 2.15. The molecule has 72 valence electrons. The lowest BCUT2D eigenvalue weighted by Crippen LogP contribution is -2.06. The minimum Gasteiger partial charge on any atom is -0.272 e. The summed E-state index contributed by atoms with van der Waals surface area (Å²) in [6.07, 6.45) is 3.82. The Morgan fingerprint density at radius 1 is 1.21 bits per heavy atom. The monoisotopic (exact) mass is 186 g/mol. The van der Waals surface area contributed by atoms with E-state index in [9.17, 15) is 0 Å². The fourth-order valence-electron chi connectivity index (χ4n) is 1.58. The van der Waals surface area contributed by atoms with E-state index in [2.05, 4.69) is 36.3 Å². The van der Waals surface area contributed by atoms with Crippen LogP contribution in [0.2, 0.25) is 0 Å². The number of benzene rings is 1. The van der Waals surface area contributed by atoms with Gasteiger partial charge in [-0.25, -0.2) is 0 Å². The molecule has 0 fully saturated rings. The van der Waals surface area contributed by atoms with Crippen LogP contribution in [0.15, 0.2) is 48.8 Å². The van der Waals surface area contributed by atoms with Gasteiger partial charge < -0.3 is 0 Å². The highest BCUT2D eigenvalue weighted by molar-refractivity contribution is 5.18. The first kappa shape index (κ1) is 9.00. The van der Waals surface area contributed by atoms with Crippen molar-refractivity contribution in [2.24, 2.45) is 0 Å². The van der Waals surface area contributed by atoms with Gasteiger partial charge in [-0.05, 0) is 11.6 Å². The summed E-state index contributed by atoms with van der Waals surface area (Å²) in [4.78, 5) is 0. The lowest BCUT2D eigenvalue weighted by atomic mass is 10.0. The average Bonchev–Trinajstić information content (AvgIpc) is 2.72. The first-order chi connectivity index (χ1) is 6.86. The molecule has 2 heteroatoms. The van der Waals surface area contributed by atoms with E-state index in [1.807, 2.05) is 29.2 Å². The number of nitrogens with zero attached hydrogens (tertiary/aromatic N) is 2. The third-order valence-electron chi connectivity index (χ3n) is 2.39. The Bertz CT molecular complexity index is 364. The fourth-order valence-corrected chi connectivity index (χ4v) is 1.58. The Kier molecular flexibility index (Phi) is 2.63. The van der Waals surface area contributed by atoms with Crippen molar-refractivity contribution in [3.05, 3.63) is 54.4 Å². The van der Waals surface area contributed by atoms with E-state index in [-0.39, 0.29) is 0 Å². The molecule has 0 saturated carbocycles. The fraction of sp³-hybridized carbons (Fsp3) is 0.250. The van der Waals surface area contributed by atoms with Gasteiger partial charge in [0.1, 0.15) is 0 Å². The van der Waals surface area contributed by atoms with Gasteiger partial charge in [-0.15, -0.1) is 0 Å². The van der Waals surface area contributed by atoms with Gasteiger partial charge in [-0.2, -0.15) is 5.10 Å². The maximum Gasteiger partial charge on any atom is 0.0489 e. The van der Waals surface area contributed by atoms with Gasteiger partial charge in [0, 0.05) is 24.9 Å². The summed E-state index contributed by atoms with van der Waals surface area (Å²) in [6.45, 7) is 3.16. The Labute approximate surface area is 84.2 Å². The molecular formula is C12H14N2. The van der Waals surface area contributed by atoms with Crippen LogP contribution in [0.25, 0.3) is 0 Å². The van der Waals surface area contributed by atoms with E-state index in [1.165, 1.54) is 5.56 Å². The molecule has 0 aliphatic heterocycles. The minimum absolute atomic E-state index is 0.510. The molecule has 14 heavy (non-hydrogen) atoms. The Morgan fingerprint density at radius 3 is 2.64 bits per heavy atom. The maximum atomic E-state index is 4.20. The third kappa shape index (κ3) is 2.02. The lowest BCUT2D eigenvalue weighted by molar-refractivity contribution is 0.543. The van der Waals surface area contributed by atoms with Crippen molar-refractivity contribution in [1.82, 2.24) is 9.78 Å². The van der Waals surface area contributed by atoms with Gasteiger partial charge in [0.2, 0.25) is 0 Å². The second-order valence-electron chi connectivity index (χ2n) is 3.54. The van der Waals surface area contributed by atoms with E-state index >= 15 is 0 Å². The van der Waals surface area contributed by atoms with Crippen LogP contribution in [-0.2, 0) is 6.54 Å². The summed E-state index contributed by atoms with van der Waals surface area (Å²) in [5.74, 6) is 0.510. The molecule has 2 aromatic rings. The molecule has 1 atom stereocenters. The second-order valence-corrected chi connectivity index (χ2v) is 3.54. The van der Waals surface area contributed by atoms with Gasteiger partial charge in [0.05, 0.1) is 0 Å². The summed E-state index contributed by atoms with van der Waals surface area (Å²) in [5.41, 5.74) is 1.36. The molecule has 2 rings (SSSR count). The van der Waals surface area contributed by atoms with E-state index in [4.69, 9.17) is 0 Å². The quantitative estimate of drug-likeness (QED) is 0.720. The van der Waals surface area contributed by atoms with Crippen molar-refractivity contribution in [3.8, 4) is 0 Å². The van der Waals surface area contributed by atoms with Gasteiger partial charge in [0.25, 0.3) is 0 Å². The van der Waals surface area contributed by atoms with Crippen LogP contribution in [0, 0.1) is 0 Å². The van der Waals surface area contributed by atoms with Gasteiger partial charge in [-0.3, -0.25) is 4.68 Å². The average molecular weight is 186 g/mol. The summed E-state index contributed by atoms with van der Waals surface area (Å²) >= 11 is 0. The molecule has 1 aromatic carbocycles. The highest BCUT2D eigenvalue weighted by atomic mass is 15.3. The maximum absolute atomic E-state index is 4.20. The number of hydrogen-bond donors (Lipinski definition) is 0. The van der Waals surface area contributed by atoms with Crippen molar-refractivity contribution in [2.75, 3.05) is 0 Å². The van der Waals surface area contributed by atoms with Crippen LogP contribution in [0.4, 0.5) is 0 Å². The van der Waals surface area contributed by atoms with Gasteiger partial charge >= 0.3 is 0 Å². The van der Waals surface area contributed by atoms with Crippen molar-refractivity contribution < 1.29 is 0 Å². The van der Waals surface area contributed by atoms with Crippen molar-refractivity contribution in [3.63, 3.8) is 0 Å². The molecule has 0 saturated heterocycles. The largest absolute Gasteiger partial charge is 0.272 e. The summed E-state index contributed by atoms with van der Waals surface area (Å²) < 4.78 is 1.97. The van der Waals surface area contributed by atoms with Crippen molar-refractivity contribution >= 4 is 0 Å². The lowest BCUT2D eigenvalue weighted by Gasteiger charge is -2.11. The SMILES string of the molecule is CC(Cn1cccn1)c1ccccc1. The Morgan fingerprint density at radius 2 is 2.00 bits per heavy atom. The predicted molar refractivity (Wildman–Crippen MR) is 57.1 cm³/mol. The summed E-state index contributed by atoms with van der Waals surface area (Å²) in [5, 5.41) is 4.20. The van der Waals surface area contributed by atoms with Gasteiger partial charge in [-0.1, -0.05) is 37.3 Å². The predicted octanol–water partition coefficient (Wildman–Crippen LogP) is 2.69. The second kappa shape index (κ2) is 4.09. The molecule has 0 aliphatic carbocycles. The van der Waals surface area contributed by atoms with Crippen molar-refractivity contribution in [2.45, 2.75) is 19.4 Å². The van der Waals surface area contributed by atoms with Crippen LogP contribution in [0.5, 0.6) is 0 Å². The molecular weight excluding hydrogens is 172 g/mol. The molecule has 0 aliphatic rings. The highest BCUT2D eigenvalue weighted by Gasteiger charge is 2.04. The zero-order valence-corrected chi connectivity index (χ0v) is 8.30. The third-order valence-corrected chi connectivity index (χ3v) is 2.39. The summed E-state index contributed by atoms with van der Waals surface area (Å²) in [7, 11) is 0. The Hall–Kier alpha value is -1.57. The molecule has 0 amide bonds.